The fourth-order valence-electron chi connectivity index (χ4n) is 2.88. The Morgan fingerprint density at radius 1 is 1.04 bits per heavy atom. The van der Waals surface area contributed by atoms with E-state index >= 15 is 0 Å². The van der Waals surface area contributed by atoms with Crippen LogP contribution in [0.5, 0.6) is 0 Å². The van der Waals surface area contributed by atoms with Gasteiger partial charge in [0, 0.05) is 25.7 Å². The summed E-state index contributed by atoms with van der Waals surface area (Å²) in [6.45, 7) is 12.3. The van der Waals surface area contributed by atoms with E-state index in [0.717, 1.165) is 43.3 Å². The molecule has 2 aromatic rings. The molecule has 6 heteroatoms. The molecule has 0 atom stereocenters. The molecule has 27 heavy (non-hydrogen) atoms. The molecule has 2 rings (SSSR count). The smallest absolute Gasteiger partial charge is 0.190 e. The Morgan fingerprint density at radius 3 is 2.11 bits per heavy atom. The summed E-state index contributed by atoms with van der Waals surface area (Å²) in [6, 6.07) is 8.89. The zero-order valence-electron chi connectivity index (χ0n) is 17.3. The second-order valence-corrected chi connectivity index (χ2v) is 7.68. The number of aliphatic imine (C=N–C) groups is 1. The average molecular weight is 484 g/mol. The summed E-state index contributed by atoms with van der Waals surface area (Å²) >= 11 is 0. The third-order valence-corrected chi connectivity index (χ3v) is 4.60. The largest absolute Gasteiger partial charge is 0.361 e. The van der Waals surface area contributed by atoms with Gasteiger partial charge in [-0.25, -0.2) is 0 Å². The normalized spacial score (nSPS) is 11.9. The van der Waals surface area contributed by atoms with Crippen LogP contribution >= 0.6 is 24.0 Å². The van der Waals surface area contributed by atoms with Crippen molar-refractivity contribution in [1.82, 2.24) is 15.8 Å². The molecule has 0 aliphatic carbocycles. The molecule has 0 aliphatic rings. The van der Waals surface area contributed by atoms with Gasteiger partial charge in [0.05, 0.1) is 5.69 Å². The van der Waals surface area contributed by atoms with Crippen LogP contribution in [0.25, 0.3) is 0 Å². The van der Waals surface area contributed by atoms with Gasteiger partial charge in [-0.2, -0.15) is 0 Å². The van der Waals surface area contributed by atoms with Crippen LogP contribution in [-0.2, 0) is 18.3 Å². The summed E-state index contributed by atoms with van der Waals surface area (Å²) < 4.78 is 5.20. The second-order valence-electron chi connectivity index (χ2n) is 7.68. The third-order valence-electron chi connectivity index (χ3n) is 4.60. The topological polar surface area (TPSA) is 62.5 Å². The van der Waals surface area contributed by atoms with Gasteiger partial charge in [-0.3, -0.25) is 4.99 Å². The third kappa shape index (κ3) is 7.16. The van der Waals surface area contributed by atoms with Gasteiger partial charge in [0.25, 0.3) is 0 Å². The van der Waals surface area contributed by atoms with E-state index in [4.69, 9.17) is 4.52 Å². The predicted octanol–water partition coefficient (Wildman–Crippen LogP) is 4.16. The molecule has 1 aromatic carbocycles. The van der Waals surface area contributed by atoms with Gasteiger partial charge < -0.3 is 15.2 Å². The van der Waals surface area contributed by atoms with Gasteiger partial charge in [-0.15, -0.1) is 24.0 Å². The van der Waals surface area contributed by atoms with Crippen LogP contribution in [-0.4, -0.2) is 31.3 Å². The van der Waals surface area contributed by atoms with Crippen LogP contribution < -0.4 is 10.6 Å². The average Bonchev–Trinajstić information content (AvgIpc) is 2.92. The number of hydrogen-bond acceptors (Lipinski definition) is 3. The van der Waals surface area contributed by atoms with Crippen LogP contribution in [0.15, 0.2) is 33.8 Å². The highest BCUT2D eigenvalue weighted by Gasteiger charge is 2.12. The van der Waals surface area contributed by atoms with Crippen molar-refractivity contribution in [2.75, 3.05) is 20.1 Å². The molecule has 2 N–H and O–H groups in total. The Hall–Kier alpha value is -1.57. The van der Waals surface area contributed by atoms with Gasteiger partial charge >= 0.3 is 0 Å². The summed E-state index contributed by atoms with van der Waals surface area (Å²) in [6.07, 6.45) is 1.84. The van der Waals surface area contributed by atoms with Crippen molar-refractivity contribution in [3.8, 4) is 0 Å². The molecule has 0 saturated heterocycles. The highest BCUT2D eigenvalue weighted by Crippen LogP contribution is 2.22. The highest BCUT2D eigenvalue weighted by molar-refractivity contribution is 14.0. The molecule has 1 heterocycles. The maximum Gasteiger partial charge on any atom is 0.190 e. The fourth-order valence-corrected chi connectivity index (χ4v) is 2.88. The van der Waals surface area contributed by atoms with E-state index < -0.39 is 0 Å². The van der Waals surface area contributed by atoms with Gasteiger partial charge in [0.15, 0.2) is 5.96 Å². The molecule has 1 aromatic heterocycles. The first kappa shape index (κ1) is 23.5. The molecule has 0 saturated carbocycles. The number of hydrogen-bond donors (Lipinski definition) is 2. The van der Waals surface area contributed by atoms with Crippen molar-refractivity contribution >= 4 is 29.9 Å². The summed E-state index contributed by atoms with van der Waals surface area (Å²) in [5.74, 6) is 1.72. The summed E-state index contributed by atoms with van der Waals surface area (Å²) in [7, 11) is 1.80. The Balaban J connectivity index is 0.00000364. The van der Waals surface area contributed by atoms with E-state index in [1.54, 1.807) is 7.05 Å². The summed E-state index contributed by atoms with van der Waals surface area (Å²) in [5, 5.41) is 10.7. The van der Waals surface area contributed by atoms with E-state index in [2.05, 4.69) is 65.8 Å². The first-order valence-corrected chi connectivity index (χ1v) is 9.27. The number of nitrogens with one attached hydrogen (secondary N) is 2. The molecule has 0 amide bonds. The lowest BCUT2D eigenvalue weighted by atomic mass is 9.86. The molecule has 150 valence electrons. The van der Waals surface area contributed by atoms with E-state index in [1.165, 1.54) is 16.7 Å². The maximum atomic E-state index is 5.20. The minimum Gasteiger partial charge on any atom is -0.361 e. The number of aromatic nitrogens is 1. The van der Waals surface area contributed by atoms with Crippen LogP contribution in [0.3, 0.4) is 0 Å². The van der Waals surface area contributed by atoms with Crippen molar-refractivity contribution in [3.05, 3.63) is 52.4 Å². The van der Waals surface area contributed by atoms with Crippen LogP contribution in [0.2, 0.25) is 0 Å². The maximum absolute atomic E-state index is 5.20. The Labute approximate surface area is 180 Å². The molecule has 0 fully saturated rings. The van der Waals surface area contributed by atoms with Crippen molar-refractivity contribution in [2.45, 2.75) is 52.9 Å². The van der Waals surface area contributed by atoms with Gasteiger partial charge in [0.2, 0.25) is 0 Å². The molecule has 0 unspecified atom stereocenters. The molecule has 0 radical (unpaired) electrons. The number of nitrogens with zero attached hydrogens (tertiary/aromatic N) is 2. The SMILES string of the molecule is CN=C(NCCc1ccc(C(C)(C)C)cc1)NCCc1c(C)noc1C.I. The van der Waals surface area contributed by atoms with Crippen molar-refractivity contribution in [1.29, 1.82) is 0 Å². The zero-order chi connectivity index (χ0) is 19.2. The highest BCUT2D eigenvalue weighted by atomic mass is 127. The molecule has 0 bridgehead atoms. The molecule has 0 spiro atoms. The number of guanidine groups is 1. The van der Waals surface area contributed by atoms with E-state index in [1.807, 2.05) is 13.8 Å². The zero-order valence-corrected chi connectivity index (χ0v) is 19.7. The quantitative estimate of drug-likeness (QED) is 0.367. The van der Waals surface area contributed by atoms with Gasteiger partial charge in [0.1, 0.15) is 5.76 Å². The van der Waals surface area contributed by atoms with E-state index in [9.17, 15) is 0 Å². The summed E-state index contributed by atoms with van der Waals surface area (Å²) in [4.78, 5) is 4.28. The lowest BCUT2D eigenvalue weighted by Gasteiger charge is -2.19. The predicted molar refractivity (Wildman–Crippen MR) is 123 cm³/mol. The lowest BCUT2D eigenvalue weighted by molar-refractivity contribution is 0.392. The first-order chi connectivity index (χ1) is 12.3. The number of rotatable bonds is 6. The van der Waals surface area contributed by atoms with Gasteiger partial charge in [-0.1, -0.05) is 50.2 Å². The monoisotopic (exact) mass is 484 g/mol. The summed E-state index contributed by atoms with van der Waals surface area (Å²) in [5.41, 5.74) is 5.03. The molecule has 5 nitrogen and oxygen atoms in total. The van der Waals surface area contributed by atoms with Crippen LogP contribution in [0.1, 0.15) is 48.9 Å². The number of aryl methyl sites for hydroxylation is 2. The van der Waals surface area contributed by atoms with Crippen LogP contribution in [0.4, 0.5) is 0 Å². The van der Waals surface area contributed by atoms with Crippen LogP contribution in [0, 0.1) is 13.8 Å². The number of halogens is 1. The first-order valence-electron chi connectivity index (χ1n) is 9.27. The second kappa shape index (κ2) is 10.7. The Kier molecular flexibility index (Phi) is 9.29. The lowest BCUT2D eigenvalue weighted by Crippen LogP contribution is -2.39. The molecule has 0 aliphatic heterocycles. The Bertz CT molecular complexity index is 710. The van der Waals surface area contributed by atoms with Gasteiger partial charge in [-0.05, 0) is 43.2 Å². The van der Waals surface area contributed by atoms with Crippen molar-refractivity contribution < 1.29 is 4.52 Å². The minimum atomic E-state index is 0. The van der Waals surface area contributed by atoms with Crippen molar-refractivity contribution in [2.24, 2.45) is 4.99 Å². The molecular weight excluding hydrogens is 451 g/mol. The standard InChI is InChI=1S/C21H32N4O.HI/c1-15-19(16(2)26-25-15)12-14-24-20(22-6)23-13-11-17-7-9-18(10-8-17)21(3,4)5;/h7-10H,11-14H2,1-6H3,(H2,22,23,24);1H. The molecular formula is C21H33IN4O. The number of benzene rings is 1. The minimum absolute atomic E-state index is 0. The van der Waals surface area contributed by atoms with Crippen molar-refractivity contribution in [3.63, 3.8) is 0 Å². The fraction of sp³-hybridized carbons (Fsp3) is 0.524. The van der Waals surface area contributed by atoms with E-state index in [-0.39, 0.29) is 29.4 Å². The van der Waals surface area contributed by atoms with E-state index in [0.29, 0.717) is 0 Å². The Morgan fingerprint density at radius 2 is 1.63 bits per heavy atom.